The molecule has 4 atom stereocenters. The molecular formula is C52H61FN6O14. The second-order valence-electron chi connectivity index (χ2n) is 17.9. The maximum absolute atomic E-state index is 14.1. The second-order valence-corrected chi connectivity index (χ2v) is 17.9. The van der Waals surface area contributed by atoms with Gasteiger partial charge in [0.25, 0.3) is 0 Å². The fraction of sp³-hybridized carbons (Fsp3) is 0.385. The molecule has 0 aliphatic carbocycles. The molecule has 5 N–H and O–H groups in total. The number of alkyl carbamates (subject to hydrolysis) is 1. The number of carbonyl (C=O) groups excluding carboxylic acids is 2. The molecule has 0 aromatic heterocycles. The van der Waals surface area contributed by atoms with E-state index >= 15 is 0 Å². The minimum atomic E-state index is -0.784. The standard InChI is InChI=1S/C52H61FN6O14/c1-66-22-5-19-55-21-23-67-48-17-12-40(26-47(48)55)31-68-49-30-57(52(61)70-33-37-7-3-9-39(25-37)35-72-59(64)65)29-46(54-51(60)69-32-36-6-2-8-38(24-36)34-71-58(62)63)50(49)41-13-15-44(16-14-41)73-45-18-20-56(28-45)43-11-4-10-42(53)27-43/h2-4,6-17,24-27,45-46,49-50,62-65H,5,18-23,28-35H2,1H3,(H,54,60). The van der Waals surface area contributed by atoms with Crippen LogP contribution in [0.5, 0.6) is 11.5 Å². The van der Waals surface area contributed by atoms with Crippen molar-refractivity contribution in [1.82, 2.24) is 21.0 Å². The predicted octanol–water partition coefficient (Wildman–Crippen LogP) is 7.36. The van der Waals surface area contributed by atoms with Gasteiger partial charge in [0.15, 0.2) is 0 Å². The molecule has 8 rings (SSSR count). The summed E-state index contributed by atoms with van der Waals surface area (Å²) in [5.41, 5.74) is 5.81. The quantitative estimate of drug-likeness (QED) is 0.0338. The van der Waals surface area contributed by atoms with Gasteiger partial charge in [-0.25, -0.2) is 23.7 Å². The van der Waals surface area contributed by atoms with Crippen LogP contribution in [0.3, 0.4) is 0 Å². The van der Waals surface area contributed by atoms with Gasteiger partial charge in [0.2, 0.25) is 0 Å². The zero-order valence-electron chi connectivity index (χ0n) is 40.4. The molecule has 21 heteroatoms. The summed E-state index contributed by atoms with van der Waals surface area (Å²) in [6.07, 6.45) is -0.714. The van der Waals surface area contributed by atoms with E-state index in [9.17, 15) is 14.0 Å². The topological polar surface area (TPSA) is 217 Å². The van der Waals surface area contributed by atoms with Crippen LogP contribution in [-0.2, 0) is 61.7 Å². The Labute approximate surface area is 421 Å². The highest BCUT2D eigenvalue weighted by molar-refractivity contribution is 5.70. The Morgan fingerprint density at radius 2 is 1.41 bits per heavy atom. The van der Waals surface area contributed by atoms with Gasteiger partial charge in [-0.05, 0) is 82.3 Å². The van der Waals surface area contributed by atoms with Gasteiger partial charge in [0, 0.05) is 51.4 Å². The van der Waals surface area contributed by atoms with Crippen LogP contribution < -0.4 is 24.6 Å². The number of anilines is 2. The van der Waals surface area contributed by atoms with Crippen LogP contribution in [0, 0.1) is 5.82 Å². The highest BCUT2D eigenvalue weighted by Gasteiger charge is 2.42. The van der Waals surface area contributed by atoms with E-state index < -0.39 is 30.3 Å². The highest BCUT2D eigenvalue weighted by Crippen LogP contribution is 2.36. The molecular weight excluding hydrogens is 952 g/mol. The third kappa shape index (κ3) is 15.2. The van der Waals surface area contributed by atoms with Crippen molar-refractivity contribution in [1.29, 1.82) is 0 Å². The van der Waals surface area contributed by atoms with Crippen molar-refractivity contribution >= 4 is 23.6 Å². The van der Waals surface area contributed by atoms with Crippen molar-refractivity contribution in [2.45, 2.75) is 70.0 Å². The number of hydrogen-bond donors (Lipinski definition) is 5. The molecule has 2 fully saturated rings. The largest absolute Gasteiger partial charge is 0.490 e. The lowest BCUT2D eigenvalue weighted by Gasteiger charge is -2.43. The Hall–Kier alpha value is -6.63. The van der Waals surface area contributed by atoms with Gasteiger partial charge < -0.3 is 48.4 Å². The van der Waals surface area contributed by atoms with Crippen molar-refractivity contribution in [3.8, 4) is 11.5 Å². The highest BCUT2D eigenvalue weighted by atomic mass is 19.1. The molecule has 20 nitrogen and oxygen atoms in total. The molecule has 3 aliphatic rings. The number of amides is 2. The molecule has 0 bridgehead atoms. The lowest BCUT2D eigenvalue weighted by atomic mass is 9.83. The zero-order valence-corrected chi connectivity index (χ0v) is 40.4. The van der Waals surface area contributed by atoms with Crippen molar-refractivity contribution in [3.63, 3.8) is 0 Å². The molecule has 2 saturated heterocycles. The number of piperidine rings is 1. The van der Waals surface area contributed by atoms with Crippen LogP contribution in [0.15, 0.2) is 115 Å². The van der Waals surface area contributed by atoms with Gasteiger partial charge in [-0.2, -0.15) is 0 Å². The van der Waals surface area contributed by atoms with Gasteiger partial charge in [0.05, 0.1) is 68.1 Å². The first-order valence-corrected chi connectivity index (χ1v) is 24.0. The number of halogens is 1. The van der Waals surface area contributed by atoms with E-state index in [-0.39, 0.29) is 68.8 Å². The summed E-state index contributed by atoms with van der Waals surface area (Å²) in [6, 6.07) is 33.0. The van der Waals surface area contributed by atoms with E-state index in [1.54, 1.807) is 61.7 Å². The van der Waals surface area contributed by atoms with Gasteiger partial charge in [-0.3, -0.25) is 20.8 Å². The van der Waals surface area contributed by atoms with Crippen LogP contribution in [0.25, 0.3) is 0 Å². The zero-order chi connectivity index (χ0) is 51.1. The Morgan fingerprint density at radius 3 is 2.10 bits per heavy atom. The Kier molecular flexibility index (Phi) is 18.7. The summed E-state index contributed by atoms with van der Waals surface area (Å²) in [6.45, 7) is 3.61. The predicted molar refractivity (Wildman–Crippen MR) is 258 cm³/mol. The van der Waals surface area contributed by atoms with E-state index in [4.69, 9.17) is 58.9 Å². The Morgan fingerprint density at radius 1 is 0.740 bits per heavy atom. The number of carbonyl (C=O) groups is 2. The molecule has 0 spiro atoms. The van der Waals surface area contributed by atoms with Gasteiger partial charge in [-0.15, -0.1) is 0 Å². The maximum atomic E-state index is 14.1. The molecule has 73 heavy (non-hydrogen) atoms. The van der Waals surface area contributed by atoms with Crippen LogP contribution in [0.1, 0.15) is 52.1 Å². The lowest BCUT2D eigenvalue weighted by molar-refractivity contribution is -0.497. The average Bonchev–Trinajstić information content (AvgIpc) is 3.87. The van der Waals surface area contributed by atoms with E-state index in [1.807, 2.05) is 48.5 Å². The second kappa shape index (κ2) is 25.8. The van der Waals surface area contributed by atoms with Crippen molar-refractivity contribution in [2.24, 2.45) is 0 Å². The summed E-state index contributed by atoms with van der Waals surface area (Å²) >= 11 is 0. The van der Waals surface area contributed by atoms with Crippen molar-refractivity contribution < 1.29 is 72.9 Å². The van der Waals surface area contributed by atoms with Gasteiger partial charge in [-0.1, -0.05) is 72.8 Å². The number of ether oxygens (including phenoxy) is 6. The molecule has 4 unspecified atom stereocenters. The first-order valence-electron chi connectivity index (χ1n) is 24.0. The fourth-order valence-corrected chi connectivity index (χ4v) is 9.30. The number of nitrogens with zero attached hydrogens (tertiary/aromatic N) is 5. The minimum Gasteiger partial charge on any atom is -0.490 e. The average molecular weight is 1010 g/mol. The molecule has 2 amide bonds. The van der Waals surface area contributed by atoms with Crippen LogP contribution >= 0.6 is 0 Å². The summed E-state index contributed by atoms with van der Waals surface area (Å²) < 4.78 is 50.3. The number of nitrogens with one attached hydrogen (secondary N) is 1. The Bertz CT molecular complexity index is 2580. The maximum Gasteiger partial charge on any atom is 0.410 e. The monoisotopic (exact) mass is 1010 g/mol. The Balaban J connectivity index is 1.05. The third-order valence-electron chi connectivity index (χ3n) is 12.7. The van der Waals surface area contributed by atoms with Gasteiger partial charge >= 0.3 is 12.2 Å². The van der Waals surface area contributed by atoms with E-state index in [2.05, 4.69) is 15.1 Å². The van der Waals surface area contributed by atoms with Crippen LogP contribution in [-0.4, -0.2) is 127 Å². The summed E-state index contributed by atoms with van der Waals surface area (Å²) in [5.74, 6) is 0.557. The molecule has 3 heterocycles. The van der Waals surface area contributed by atoms with Crippen molar-refractivity contribution in [3.05, 3.63) is 154 Å². The summed E-state index contributed by atoms with van der Waals surface area (Å²) in [7, 11) is 1.68. The first-order chi connectivity index (χ1) is 35.5. The normalized spacial score (nSPS) is 18.7. The number of fused-ring (bicyclic) bond motifs is 1. The molecule has 5 aromatic carbocycles. The van der Waals surface area contributed by atoms with E-state index in [0.29, 0.717) is 60.9 Å². The fourth-order valence-electron chi connectivity index (χ4n) is 9.30. The summed E-state index contributed by atoms with van der Waals surface area (Å²) in [4.78, 5) is 43.4. The van der Waals surface area contributed by atoms with Crippen LogP contribution in [0.4, 0.5) is 25.4 Å². The lowest BCUT2D eigenvalue weighted by Crippen LogP contribution is -2.59. The van der Waals surface area contributed by atoms with Crippen molar-refractivity contribution in [2.75, 3.05) is 69.4 Å². The van der Waals surface area contributed by atoms with Crippen LogP contribution in [0.2, 0.25) is 0 Å². The third-order valence-corrected chi connectivity index (χ3v) is 12.7. The minimum absolute atomic E-state index is 0.00365. The first kappa shape index (κ1) is 52.7. The van der Waals surface area contributed by atoms with E-state index in [1.165, 1.54) is 17.0 Å². The molecule has 5 aromatic rings. The van der Waals surface area contributed by atoms with Gasteiger partial charge in [0.1, 0.15) is 43.2 Å². The molecule has 0 radical (unpaired) electrons. The number of hydrogen-bond acceptors (Lipinski definition) is 18. The number of likely N-dealkylation sites (tertiary alicyclic amines) is 1. The smallest absolute Gasteiger partial charge is 0.410 e. The number of benzene rings is 5. The van der Waals surface area contributed by atoms with E-state index in [0.717, 1.165) is 47.6 Å². The molecule has 390 valence electrons. The molecule has 3 aliphatic heterocycles. The number of rotatable bonds is 22. The molecule has 0 saturated carbocycles. The summed E-state index contributed by atoms with van der Waals surface area (Å²) in [5, 5.41) is 38.4. The SMILES string of the molecule is COCCCN1CCOc2ccc(COC3CN(C(=O)OCc4cccc(CON(O)O)c4)CC(NC(=O)OCc4cccc(CON(O)O)c4)C3c3ccc(OC4CCN(c5cccc(F)c5)C4)cc3)cc21. The number of methoxy groups -OCH3 is 1.